The van der Waals surface area contributed by atoms with Crippen LogP contribution in [0.2, 0.25) is 5.28 Å². The summed E-state index contributed by atoms with van der Waals surface area (Å²) in [7, 11) is 0. The third kappa shape index (κ3) is 3.23. The first kappa shape index (κ1) is 14.2. The van der Waals surface area contributed by atoms with Crippen LogP contribution in [-0.4, -0.2) is 29.0 Å². The summed E-state index contributed by atoms with van der Waals surface area (Å²) in [4.78, 5) is 7.98. The van der Waals surface area contributed by atoms with Crippen molar-refractivity contribution in [1.29, 1.82) is 0 Å². The molecule has 1 aliphatic rings. The molecule has 1 aromatic heterocycles. The number of hydrogen-bond acceptors (Lipinski definition) is 3. The first-order chi connectivity index (χ1) is 8.69. The van der Waals surface area contributed by atoms with Gasteiger partial charge in [-0.25, -0.2) is 13.8 Å². The van der Waals surface area contributed by atoms with Gasteiger partial charge in [-0.1, -0.05) is 0 Å². The van der Waals surface area contributed by atoms with Gasteiger partial charge in [0, 0.05) is 32.1 Å². The van der Waals surface area contributed by atoms with E-state index in [0.29, 0.717) is 6.20 Å². The zero-order chi connectivity index (χ0) is 14.3. The third-order valence-corrected chi connectivity index (χ3v) is 3.02. The molecule has 2 heterocycles. The van der Waals surface area contributed by atoms with Crippen LogP contribution in [0.25, 0.3) is 0 Å². The topological polar surface area (TPSA) is 29.0 Å². The lowest BCUT2D eigenvalue weighted by Crippen LogP contribution is -2.40. The van der Waals surface area contributed by atoms with Crippen molar-refractivity contribution in [3.8, 4) is 0 Å². The van der Waals surface area contributed by atoms with Gasteiger partial charge in [-0.3, -0.25) is 0 Å². The van der Waals surface area contributed by atoms with E-state index < -0.39 is 36.3 Å². The summed E-state index contributed by atoms with van der Waals surface area (Å²) in [5, 5.41) is -0.347. The zero-order valence-corrected chi connectivity index (χ0v) is 10.3. The van der Waals surface area contributed by atoms with Crippen LogP contribution in [0.3, 0.4) is 0 Å². The standard InChI is InChI=1S/C10H9ClF5N3/c11-8-17-5-6(10(14,15)16)7(18-8)19-3-1-9(12,13)2-4-19/h5H,1-4H2. The van der Waals surface area contributed by atoms with E-state index in [1.54, 1.807) is 0 Å². The molecule has 9 heteroatoms. The number of rotatable bonds is 1. The Bertz CT molecular complexity index is 467. The van der Waals surface area contributed by atoms with Crippen LogP contribution in [0.5, 0.6) is 0 Å². The van der Waals surface area contributed by atoms with Gasteiger partial charge in [0.25, 0.3) is 5.92 Å². The molecule has 0 radical (unpaired) electrons. The highest BCUT2D eigenvalue weighted by atomic mass is 35.5. The van der Waals surface area contributed by atoms with E-state index in [2.05, 4.69) is 9.97 Å². The molecule has 1 aliphatic heterocycles. The fourth-order valence-corrected chi connectivity index (χ4v) is 1.97. The summed E-state index contributed by atoms with van der Waals surface area (Å²) in [6.45, 7) is -0.410. The number of aromatic nitrogens is 2. The van der Waals surface area contributed by atoms with Gasteiger partial charge in [-0.15, -0.1) is 0 Å². The molecule has 1 saturated heterocycles. The predicted octanol–water partition coefficient (Wildman–Crippen LogP) is 3.38. The highest BCUT2D eigenvalue weighted by molar-refractivity contribution is 6.28. The second kappa shape index (κ2) is 4.73. The van der Waals surface area contributed by atoms with Crippen LogP contribution in [-0.2, 0) is 6.18 Å². The zero-order valence-electron chi connectivity index (χ0n) is 9.52. The Labute approximate surface area is 110 Å². The lowest BCUT2D eigenvalue weighted by atomic mass is 10.1. The first-order valence-electron chi connectivity index (χ1n) is 5.41. The van der Waals surface area contributed by atoms with Crippen molar-refractivity contribution >= 4 is 17.4 Å². The fraction of sp³-hybridized carbons (Fsp3) is 0.600. The van der Waals surface area contributed by atoms with Gasteiger partial charge in [0.05, 0.1) is 0 Å². The van der Waals surface area contributed by atoms with Crippen molar-refractivity contribution in [1.82, 2.24) is 9.97 Å². The molecule has 0 atom stereocenters. The number of nitrogens with zero attached hydrogens (tertiary/aromatic N) is 3. The summed E-state index contributed by atoms with van der Waals surface area (Å²) < 4.78 is 64.4. The maximum Gasteiger partial charge on any atom is 0.421 e. The van der Waals surface area contributed by atoms with Gasteiger partial charge in [0.2, 0.25) is 5.28 Å². The molecule has 0 spiro atoms. The second-order valence-corrected chi connectivity index (χ2v) is 4.56. The molecule has 0 bridgehead atoms. The van der Waals surface area contributed by atoms with E-state index in [4.69, 9.17) is 11.6 Å². The van der Waals surface area contributed by atoms with Crippen LogP contribution < -0.4 is 4.90 Å². The molecule has 0 aliphatic carbocycles. The van der Waals surface area contributed by atoms with E-state index in [1.807, 2.05) is 0 Å². The smallest absolute Gasteiger partial charge is 0.356 e. The van der Waals surface area contributed by atoms with Crippen LogP contribution in [0.15, 0.2) is 6.20 Å². The Balaban J connectivity index is 2.32. The van der Waals surface area contributed by atoms with Gasteiger partial charge < -0.3 is 4.90 Å². The Kier molecular flexibility index (Phi) is 3.55. The number of piperidine rings is 1. The highest BCUT2D eigenvalue weighted by Gasteiger charge is 2.40. The first-order valence-corrected chi connectivity index (χ1v) is 5.79. The maximum atomic E-state index is 13.0. The van der Waals surface area contributed by atoms with Gasteiger partial charge in [0.15, 0.2) is 0 Å². The van der Waals surface area contributed by atoms with Crippen molar-refractivity contribution in [3.63, 3.8) is 0 Å². The van der Waals surface area contributed by atoms with Crippen LogP contribution >= 0.6 is 11.6 Å². The fourth-order valence-electron chi connectivity index (χ4n) is 1.84. The van der Waals surface area contributed by atoms with E-state index in [0.717, 1.165) is 4.90 Å². The Morgan fingerprint density at radius 1 is 1.21 bits per heavy atom. The number of anilines is 1. The SMILES string of the molecule is FC1(F)CCN(c2nc(Cl)ncc2C(F)(F)F)CC1. The van der Waals surface area contributed by atoms with Crippen LogP contribution in [0, 0.1) is 0 Å². The molecule has 1 fully saturated rings. The number of hydrogen-bond donors (Lipinski definition) is 0. The minimum Gasteiger partial charge on any atom is -0.356 e. The molecular formula is C10H9ClF5N3. The normalized spacial score (nSPS) is 19.6. The van der Waals surface area contributed by atoms with Crippen LogP contribution in [0.4, 0.5) is 27.8 Å². The van der Waals surface area contributed by atoms with Gasteiger partial charge >= 0.3 is 6.18 Å². The van der Waals surface area contributed by atoms with E-state index in [1.165, 1.54) is 0 Å². The Morgan fingerprint density at radius 2 is 1.79 bits per heavy atom. The van der Waals surface area contributed by atoms with Crippen molar-refractivity contribution < 1.29 is 22.0 Å². The summed E-state index contributed by atoms with van der Waals surface area (Å²) in [5.74, 6) is -3.28. The predicted molar refractivity (Wildman–Crippen MR) is 58.4 cm³/mol. The molecule has 3 nitrogen and oxygen atoms in total. The quantitative estimate of drug-likeness (QED) is 0.588. The largest absolute Gasteiger partial charge is 0.421 e. The van der Waals surface area contributed by atoms with Gasteiger partial charge in [-0.05, 0) is 11.6 Å². The molecule has 0 unspecified atom stereocenters. The van der Waals surface area contributed by atoms with Crippen molar-refractivity contribution in [2.24, 2.45) is 0 Å². The lowest BCUT2D eigenvalue weighted by Gasteiger charge is -2.33. The maximum absolute atomic E-state index is 13.0. The van der Waals surface area contributed by atoms with Crippen molar-refractivity contribution in [2.75, 3.05) is 18.0 Å². The minimum atomic E-state index is -4.65. The molecule has 0 saturated carbocycles. The minimum absolute atomic E-state index is 0.205. The van der Waals surface area contributed by atoms with E-state index >= 15 is 0 Å². The van der Waals surface area contributed by atoms with E-state index in [9.17, 15) is 22.0 Å². The molecule has 19 heavy (non-hydrogen) atoms. The Morgan fingerprint density at radius 3 is 2.32 bits per heavy atom. The monoisotopic (exact) mass is 301 g/mol. The summed E-state index contributed by atoms with van der Waals surface area (Å²) in [6.07, 6.45) is -5.10. The molecular weight excluding hydrogens is 293 g/mol. The summed E-state index contributed by atoms with van der Waals surface area (Å²) in [6, 6.07) is 0. The third-order valence-electron chi connectivity index (χ3n) is 2.84. The molecule has 2 rings (SSSR count). The van der Waals surface area contributed by atoms with Gasteiger partial charge in [0.1, 0.15) is 11.4 Å². The average molecular weight is 302 g/mol. The summed E-state index contributed by atoms with van der Waals surface area (Å²) >= 11 is 5.48. The molecule has 106 valence electrons. The van der Waals surface area contributed by atoms with Crippen LogP contribution in [0.1, 0.15) is 18.4 Å². The lowest BCUT2D eigenvalue weighted by molar-refractivity contribution is -0.137. The van der Waals surface area contributed by atoms with E-state index in [-0.39, 0.29) is 18.4 Å². The molecule has 0 aromatic carbocycles. The Hall–Kier alpha value is -1.18. The molecule has 0 amide bonds. The molecule has 0 N–H and O–H groups in total. The molecule has 1 aromatic rings. The second-order valence-electron chi connectivity index (χ2n) is 4.22. The van der Waals surface area contributed by atoms with Crippen molar-refractivity contribution in [2.45, 2.75) is 24.9 Å². The highest BCUT2D eigenvalue weighted by Crippen LogP contribution is 2.38. The number of alkyl halides is 5. The average Bonchev–Trinajstić information content (AvgIpc) is 2.27. The van der Waals surface area contributed by atoms with Gasteiger partial charge in [-0.2, -0.15) is 18.2 Å². The number of halogens is 6. The van der Waals surface area contributed by atoms with Crippen molar-refractivity contribution in [3.05, 3.63) is 17.0 Å². The summed E-state index contributed by atoms with van der Waals surface area (Å²) in [5.41, 5.74) is -1.07.